The van der Waals surface area contributed by atoms with E-state index < -0.39 is 0 Å². The summed E-state index contributed by atoms with van der Waals surface area (Å²) in [6, 6.07) is 142. The van der Waals surface area contributed by atoms with Crippen molar-refractivity contribution in [3.05, 3.63) is 382 Å². The van der Waals surface area contributed by atoms with Gasteiger partial charge >= 0.3 is 0 Å². The lowest BCUT2D eigenvalue weighted by Crippen LogP contribution is -2.61. The van der Waals surface area contributed by atoms with Gasteiger partial charge in [0.05, 0.1) is 11.4 Å². The molecule has 0 aromatic heterocycles. The average molecular weight is 1340 g/mol. The van der Waals surface area contributed by atoms with Crippen LogP contribution in [-0.4, -0.2) is 6.71 Å². The summed E-state index contributed by atoms with van der Waals surface area (Å²) in [5.41, 5.74) is 32.2. The van der Waals surface area contributed by atoms with Crippen molar-refractivity contribution in [2.24, 2.45) is 0 Å². The quantitative estimate of drug-likeness (QED) is 0.0723. The second-order valence-electron chi connectivity index (χ2n) is 29.4. The van der Waals surface area contributed by atoms with Crippen LogP contribution in [-0.2, 0) is 5.41 Å². The molecule has 20 rings (SSSR count). The zero-order valence-electron chi connectivity index (χ0n) is 58.8. The number of rotatable bonds is 11. The van der Waals surface area contributed by atoms with E-state index in [-0.39, 0.29) is 12.1 Å². The molecule has 0 aliphatic carbocycles. The molecular weight excluding hydrogens is 1260 g/mol. The van der Waals surface area contributed by atoms with Crippen molar-refractivity contribution in [2.45, 2.75) is 26.2 Å². The van der Waals surface area contributed by atoms with Crippen molar-refractivity contribution in [2.75, 3.05) is 9.80 Å². The van der Waals surface area contributed by atoms with Gasteiger partial charge in [-0.05, 0) is 197 Å². The van der Waals surface area contributed by atoms with Crippen LogP contribution in [0.5, 0.6) is 0 Å². The van der Waals surface area contributed by atoms with Crippen molar-refractivity contribution >= 4 is 100 Å². The smallest absolute Gasteiger partial charge is 0.252 e. The lowest BCUT2D eigenvalue weighted by molar-refractivity contribution is 0.590. The first kappa shape index (κ1) is 61.8. The Morgan fingerprint density at radius 1 is 0.219 bits per heavy atom. The second kappa shape index (κ2) is 24.9. The maximum Gasteiger partial charge on any atom is 0.252 e. The molecule has 18 aromatic rings. The van der Waals surface area contributed by atoms with Gasteiger partial charge in [0.1, 0.15) is 0 Å². The van der Waals surface area contributed by atoms with Crippen LogP contribution < -0.4 is 26.2 Å². The molecule has 0 fully saturated rings. The number of nitrogens with zero attached hydrogens (tertiary/aromatic N) is 2. The molecule has 0 amide bonds. The maximum absolute atomic E-state index is 2.72. The molecule has 0 unspecified atom stereocenters. The van der Waals surface area contributed by atoms with Crippen LogP contribution in [0.25, 0.3) is 143 Å². The van der Waals surface area contributed by atoms with Crippen LogP contribution in [0.3, 0.4) is 0 Å². The molecule has 2 aliphatic rings. The monoisotopic (exact) mass is 1330 g/mol. The third-order valence-corrected chi connectivity index (χ3v) is 22.3. The Morgan fingerprint density at radius 3 is 1.05 bits per heavy atom. The van der Waals surface area contributed by atoms with Gasteiger partial charge in [0.2, 0.25) is 0 Å². The Bertz CT molecular complexity index is 6220. The van der Waals surface area contributed by atoms with Gasteiger partial charge in [-0.2, -0.15) is 0 Å². The highest BCUT2D eigenvalue weighted by atomic mass is 15.2. The average Bonchev–Trinajstić information content (AvgIpc) is 0.688. The van der Waals surface area contributed by atoms with Crippen LogP contribution in [0.1, 0.15) is 26.3 Å². The van der Waals surface area contributed by atoms with Gasteiger partial charge in [-0.3, -0.25) is 0 Å². The Morgan fingerprint density at radius 2 is 0.581 bits per heavy atom. The highest BCUT2D eigenvalue weighted by Gasteiger charge is 2.46. The first-order valence-electron chi connectivity index (χ1n) is 36.7. The van der Waals surface area contributed by atoms with E-state index >= 15 is 0 Å². The summed E-state index contributed by atoms with van der Waals surface area (Å²) < 4.78 is 0. The van der Waals surface area contributed by atoms with E-state index in [1.165, 1.54) is 76.2 Å². The van der Waals surface area contributed by atoms with Crippen molar-refractivity contribution < 1.29 is 0 Å². The number of hydrogen-bond donors (Lipinski definition) is 0. The van der Waals surface area contributed by atoms with E-state index in [9.17, 15) is 0 Å². The molecule has 2 heterocycles. The summed E-state index contributed by atoms with van der Waals surface area (Å²) in [7, 11) is 0. The van der Waals surface area contributed by atoms with Gasteiger partial charge in [0.25, 0.3) is 6.71 Å². The van der Waals surface area contributed by atoms with Crippen molar-refractivity contribution in [1.82, 2.24) is 0 Å². The largest absolute Gasteiger partial charge is 0.310 e. The van der Waals surface area contributed by atoms with Gasteiger partial charge in [-0.1, -0.05) is 348 Å². The Hall–Kier alpha value is -13.1. The molecule has 18 aromatic carbocycles. The normalized spacial score (nSPS) is 12.5. The predicted molar refractivity (Wildman–Crippen MR) is 449 cm³/mol. The van der Waals surface area contributed by atoms with Crippen LogP contribution in [0.4, 0.5) is 34.1 Å². The molecular formula is C102H71BN2. The predicted octanol–water partition coefficient (Wildman–Crippen LogP) is 26.1. The highest BCUT2D eigenvalue weighted by molar-refractivity contribution is 7.00. The molecule has 0 bridgehead atoms. The molecule has 105 heavy (non-hydrogen) atoms. The van der Waals surface area contributed by atoms with Crippen LogP contribution in [0.2, 0.25) is 0 Å². The minimum absolute atomic E-state index is 0.0607. The third kappa shape index (κ3) is 10.3. The van der Waals surface area contributed by atoms with Crippen LogP contribution >= 0.6 is 0 Å². The zero-order valence-corrected chi connectivity index (χ0v) is 58.8. The Labute approximate surface area is 614 Å². The molecule has 3 heteroatoms. The summed E-state index contributed by atoms with van der Waals surface area (Å²) in [6.07, 6.45) is 0. The van der Waals surface area contributed by atoms with E-state index in [1.54, 1.807) is 0 Å². The zero-order chi connectivity index (χ0) is 69.9. The number of anilines is 6. The summed E-state index contributed by atoms with van der Waals surface area (Å²) in [4.78, 5) is 5.41. The van der Waals surface area contributed by atoms with Crippen molar-refractivity contribution in [3.8, 4) is 100 Å². The van der Waals surface area contributed by atoms with Gasteiger partial charge in [-0.15, -0.1) is 0 Å². The fraction of sp³-hybridized carbons (Fsp3) is 0.0392. The fourth-order valence-corrected chi connectivity index (χ4v) is 17.4. The van der Waals surface area contributed by atoms with E-state index in [0.717, 1.165) is 123 Å². The first-order chi connectivity index (χ1) is 51.7. The lowest BCUT2D eigenvalue weighted by Gasteiger charge is -2.46. The van der Waals surface area contributed by atoms with Gasteiger partial charge < -0.3 is 9.80 Å². The Kier molecular flexibility index (Phi) is 14.6. The van der Waals surface area contributed by atoms with E-state index in [4.69, 9.17) is 0 Å². The van der Waals surface area contributed by atoms with E-state index in [1.807, 2.05) is 0 Å². The van der Waals surface area contributed by atoms with Gasteiger partial charge in [0.15, 0.2) is 0 Å². The molecule has 0 saturated carbocycles. The second-order valence-corrected chi connectivity index (χ2v) is 29.4. The van der Waals surface area contributed by atoms with Gasteiger partial charge in [0, 0.05) is 45.0 Å². The SMILES string of the molecule is CC(C)(C)c1ccc(-c2cc3c4c(c2)N(c2c(-c5ccccc5)cc(-c5ccccc5)cc2-c2ccccc2)c2cc(-c5ccc6c7cccc8cccc(c9cccc5c96)c87)ccc2B4c2cc(-c4ccccc4)ccc2N3c2c(-c3ccccc3)cc(-c3ccccc3)cc2-c2ccccc2)cc1. The van der Waals surface area contributed by atoms with Crippen LogP contribution in [0.15, 0.2) is 376 Å². The lowest BCUT2D eigenvalue weighted by atomic mass is 9.33. The summed E-state index contributed by atoms with van der Waals surface area (Å²) in [5.74, 6) is 0. The summed E-state index contributed by atoms with van der Waals surface area (Å²) >= 11 is 0. The third-order valence-electron chi connectivity index (χ3n) is 22.3. The number of fused-ring (bicyclic) bond motifs is 6. The number of benzene rings is 18. The first-order valence-corrected chi connectivity index (χ1v) is 36.7. The Balaban J connectivity index is 0.963. The molecule has 2 nitrogen and oxygen atoms in total. The van der Waals surface area contributed by atoms with Crippen molar-refractivity contribution in [3.63, 3.8) is 0 Å². The fourth-order valence-electron chi connectivity index (χ4n) is 17.4. The molecule has 2 aliphatic heterocycles. The van der Waals surface area contributed by atoms with Crippen LogP contribution in [0, 0.1) is 0 Å². The maximum atomic E-state index is 2.72. The van der Waals surface area contributed by atoms with Gasteiger partial charge in [-0.25, -0.2) is 0 Å². The highest BCUT2D eigenvalue weighted by Crippen LogP contribution is 2.56. The topological polar surface area (TPSA) is 6.48 Å². The molecule has 0 N–H and O–H groups in total. The van der Waals surface area contributed by atoms with E-state index in [0.29, 0.717) is 0 Å². The molecule has 0 atom stereocenters. The molecule has 0 spiro atoms. The summed E-state index contributed by atoms with van der Waals surface area (Å²) in [5, 5.41) is 10.2. The molecule has 0 saturated heterocycles. The van der Waals surface area contributed by atoms with Crippen molar-refractivity contribution in [1.29, 1.82) is 0 Å². The minimum Gasteiger partial charge on any atom is -0.310 e. The summed E-state index contributed by atoms with van der Waals surface area (Å²) in [6.45, 7) is 6.68. The van der Waals surface area contributed by atoms with E-state index in [2.05, 4.69) is 407 Å². The molecule has 0 radical (unpaired) electrons. The number of hydrogen-bond acceptors (Lipinski definition) is 2. The standard InChI is InChI=1S/C102H71BN2/c1-102(2,3)80-52-48-69(49-53-80)79-64-95-99-96(65-79)105(101-89(72-38-21-9-22-39-72)60-78(68-32-15-6-16-33-68)61-90(101)73-40-23-10-24-41-73)94-63-76(81-54-55-86-84-45-26-43-74-42-25-44-83(97(74)84)85-47-27-46-82(81)98(85)86)50-56-91(94)103(99)92-62-75(66-28-11-4-12-29-66)51-57-93(92)104(95)100-87(70-34-17-7-18-35-70)58-77(67-30-13-5-14-31-67)59-88(100)71-36-19-8-20-37-71/h4-65H,1-3H3. The molecule has 492 valence electrons. The minimum atomic E-state index is -0.260.